The molecule has 5 heteroatoms. The maximum atomic E-state index is 9.08. The highest BCUT2D eigenvalue weighted by molar-refractivity contribution is 6.42. The van der Waals surface area contributed by atoms with Crippen molar-refractivity contribution in [2.75, 3.05) is 45.9 Å². The van der Waals surface area contributed by atoms with Crippen LogP contribution in [0.15, 0.2) is 18.2 Å². The van der Waals surface area contributed by atoms with Gasteiger partial charge in [0.2, 0.25) is 0 Å². The van der Waals surface area contributed by atoms with Gasteiger partial charge in [0.25, 0.3) is 0 Å². The Bertz CT molecular complexity index is 450. The zero-order chi connectivity index (χ0) is 15.8. The summed E-state index contributed by atoms with van der Waals surface area (Å²) in [5.74, 6) is 0. The molecular formula is C17H26Cl2N2O. The van der Waals surface area contributed by atoms with Crippen molar-refractivity contribution in [3.63, 3.8) is 0 Å². The van der Waals surface area contributed by atoms with E-state index in [1.54, 1.807) is 0 Å². The van der Waals surface area contributed by atoms with E-state index in [2.05, 4.69) is 9.80 Å². The fourth-order valence-corrected chi connectivity index (χ4v) is 3.22. The van der Waals surface area contributed by atoms with Crippen LogP contribution in [-0.2, 0) is 6.42 Å². The lowest BCUT2D eigenvalue weighted by molar-refractivity contribution is 0.201. The molecule has 2 rings (SSSR count). The van der Waals surface area contributed by atoms with Gasteiger partial charge in [0, 0.05) is 32.8 Å². The quantitative estimate of drug-likeness (QED) is 0.744. The van der Waals surface area contributed by atoms with E-state index >= 15 is 0 Å². The van der Waals surface area contributed by atoms with Crippen LogP contribution in [0, 0.1) is 0 Å². The first-order chi connectivity index (χ1) is 10.7. The summed E-state index contributed by atoms with van der Waals surface area (Å²) >= 11 is 12.0. The van der Waals surface area contributed by atoms with Gasteiger partial charge in [-0.1, -0.05) is 29.3 Å². The summed E-state index contributed by atoms with van der Waals surface area (Å²) < 4.78 is 0. The van der Waals surface area contributed by atoms with Crippen LogP contribution in [0.3, 0.4) is 0 Å². The summed E-state index contributed by atoms with van der Waals surface area (Å²) in [7, 11) is 0. The average molecular weight is 345 g/mol. The lowest BCUT2D eigenvalue weighted by Crippen LogP contribution is -2.36. The summed E-state index contributed by atoms with van der Waals surface area (Å²) in [6, 6.07) is 5.86. The largest absolute Gasteiger partial charge is 0.396 e. The Morgan fingerprint density at radius 1 is 1.05 bits per heavy atom. The summed E-state index contributed by atoms with van der Waals surface area (Å²) in [4.78, 5) is 4.97. The van der Waals surface area contributed by atoms with Crippen molar-refractivity contribution in [2.24, 2.45) is 0 Å². The van der Waals surface area contributed by atoms with Gasteiger partial charge in [0.15, 0.2) is 0 Å². The first kappa shape index (κ1) is 18.0. The molecule has 0 radical (unpaired) electrons. The van der Waals surface area contributed by atoms with Gasteiger partial charge in [-0.05, 0) is 56.5 Å². The Balaban J connectivity index is 1.80. The Labute approximate surface area is 143 Å². The highest BCUT2D eigenvalue weighted by Gasteiger charge is 2.13. The topological polar surface area (TPSA) is 26.7 Å². The number of nitrogens with zero attached hydrogens (tertiary/aromatic N) is 2. The summed E-state index contributed by atoms with van der Waals surface area (Å²) in [5, 5.41) is 10.3. The molecule has 1 aliphatic heterocycles. The summed E-state index contributed by atoms with van der Waals surface area (Å²) in [6.07, 6.45) is 4.46. The number of hydrogen-bond donors (Lipinski definition) is 1. The predicted molar refractivity (Wildman–Crippen MR) is 94.0 cm³/mol. The third-order valence-corrected chi connectivity index (χ3v) is 5.00. The van der Waals surface area contributed by atoms with Crippen molar-refractivity contribution in [1.82, 2.24) is 9.80 Å². The van der Waals surface area contributed by atoms with Crippen LogP contribution in [0.25, 0.3) is 0 Å². The molecule has 0 amide bonds. The maximum Gasteiger partial charge on any atom is 0.0595 e. The van der Waals surface area contributed by atoms with Crippen LogP contribution >= 0.6 is 23.2 Å². The molecule has 22 heavy (non-hydrogen) atoms. The molecule has 1 aliphatic rings. The smallest absolute Gasteiger partial charge is 0.0595 e. The van der Waals surface area contributed by atoms with E-state index in [1.807, 2.05) is 18.2 Å². The van der Waals surface area contributed by atoms with Gasteiger partial charge in [-0.3, -0.25) is 0 Å². The molecule has 1 aromatic carbocycles. The first-order valence-electron chi connectivity index (χ1n) is 8.18. The van der Waals surface area contributed by atoms with E-state index < -0.39 is 0 Å². The molecule has 1 N–H and O–H groups in total. The molecule has 124 valence electrons. The molecule has 0 aromatic heterocycles. The van der Waals surface area contributed by atoms with E-state index in [1.165, 1.54) is 31.5 Å². The molecule has 0 saturated carbocycles. The minimum atomic E-state index is 0.257. The first-order valence-corrected chi connectivity index (χ1v) is 8.94. The van der Waals surface area contributed by atoms with E-state index in [-0.39, 0.29) is 6.61 Å². The molecule has 0 spiro atoms. The highest BCUT2D eigenvalue weighted by Crippen LogP contribution is 2.22. The van der Waals surface area contributed by atoms with Crippen molar-refractivity contribution in [3.8, 4) is 0 Å². The number of hydrogen-bond acceptors (Lipinski definition) is 3. The second kappa shape index (κ2) is 9.74. The Morgan fingerprint density at radius 3 is 2.50 bits per heavy atom. The summed E-state index contributed by atoms with van der Waals surface area (Å²) in [5.41, 5.74) is 1.21. The van der Waals surface area contributed by atoms with E-state index in [9.17, 15) is 0 Å². The molecule has 1 heterocycles. The molecular weight excluding hydrogens is 319 g/mol. The van der Waals surface area contributed by atoms with Crippen molar-refractivity contribution in [2.45, 2.75) is 25.7 Å². The number of benzene rings is 1. The van der Waals surface area contributed by atoms with Crippen molar-refractivity contribution in [1.29, 1.82) is 0 Å². The van der Waals surface area contributed by atoms with E-state index in [4.69, 9.17) is 28.3 Å². The molecule has 3 nitrogen and oxygen atoms in total. The number of rotatable bonds is 9. The third-order valence-electron chi connectivity index (χ3n) is 4.26. The van der Waals surface area contributed by atoms with Crippen LogP contribution in [0.5, 0.6) is 0 Å². The standard InChI is InChI=1S/C17H26Cl2N2O/c18-16-5-4-15(14-17(16)19)6-10-21(9-3-13-22)12-11-20-7-1-2-8-20/h4-5,14,22H,1-3,6-13H2. The van der Waals surface area contributed by atoms with Crippen molar-refractivity contribution in [3.05, 3.63) is 33.8 Å². The van der Waals surface area contributed by atoms with E-state index in [0.717, 1.165) is 39.0 Å². The normalized spacial score (nSPS) is 15.8. The Morgan fingerprint density at radius 2 is 1.82 bits per heavy atom. The molecule has 0 aliphatic carbocycles. The third kappa shape index (κ3) is 6.05. The maximum absolute atomic E-state index is 9.08. The monoisotopic (exact) mass is 344 g/mol. The highest BCUT2D eigenvalue weighted by atomic mass is 35.5. The molecule has 1 aromatic rings. The van der Waals surface area contributed by atoms with Gasteiger partial charge < -0.3 is 14.9 Å². The van der Waals surface area contributed by atoms with Crippen LogP contribution in [0.2, 0.25) is 10.0 Å². The number of aliphatic hydroxyl groups is 1. The van der Waals surface area contributed by atoms with Crippen LogP contribution in [0.4, 0.5) is 0 Å². The minimum absolute atomic E-state index is 0.257. The second-order valence-corrected chi connectivity index (χ2v) is 6.78. The lowest BCUT2D eigenvalue weighted by atomic mass is 10.1. The van der Waals surface area contributed by atoms with Gasteiger partial charge in [0.1, 0.15) is 0 Å². The second-order valence-electron chi connectivity index (χ2n) is 5.97. The lowest BCUT2D eigenvalue weighted by Gasteiger charge is -2.25. The van der Waals surface area contributed by atoms with Gasteiger partial charge >= 0.3 is 0 Å². The average Bonchev–Trinajstić information content (AvgIpc) is 3.03. The van der Waals surface area contributed by atoms with Crippen LogP contribution < -0.4 is 0 Å². The fraction of sp³-hybridized carbons (Fsp3) is 0.647. The minimum Gasteiger partial charge on any atom is -0.396 e. The molecule has 1 fully saturated rings. The van der Waals surface area contributed by atoms with Crippen LogP contribution in [0.1, 0.15) is 24.8 Å². The number of halogens is 2. The van der Waals surface area contributed by atoms with Crippen LogP contribution in [-0.4, -0.2) is 60.8 Å². The molecule has 1 saturated heterocycles. The SMILES string of the molecule is OCCCN(CCc1ccc(Cl)c(Cl)c1)CCN1CCCC1. The molecule has 0 bridgehead atoms. The zero-order valence-electron chi connectivity index (χ0n) is 13.1. The number of aliphatic hydroxyl groups excluding tert-OH is 1. The zero-order valence-corrected chi connectivity index (χ0v) is 14.6. The predicted octanol–water partition coefficient (Wildman–Crippen LogP) is 3.32. The van der Waals surface area contributed by atoms with Gasteiger partial charge in [-0.15, -0.1) is 0 Å². The van der Waals surface area contributed by atoms with Gasteiger partial charge in [0.05, 0.1) is 10.0 Å². The molecule has 0 unspecified atom stereocenters. The van der Waals surface area contributed by atoms with Crippen molar-refractivity contribution >= 4 is 23.2 Å². The summed E-state index contributed by atoms with van der Waals surface area (Å²) in [6.45, 7) is 6.87. The Kier molecular flexibility index (Phi) is 7.98. The van der Waals surface area contributed by atoms with Crippen molar-refractivity contribution < 1.29 is 5.11 Å². The molecule has 0 atom stereocenters. The van der Waals surface area contributed by atoms with E-state index in [0.29, 0.717) is 10.0 Å². The van der Waals surface area contributed by atoms with Gasteiger partial charge in [-0.2, -0.15) is 0 Å². The van der Waals surface area contributed by atoms with Gasteiger partial charge in [-0.25, -0.2) is 0 Å². The Hall–Kier alpha value is -0.320. The number of likely N-dealkylation sites (tertiary alicyclic amines) is 1. The fourth-order valence-electron chi connectivity index (χ4n) is 2.90.